The first-order chi connectivity index (χ1) is 14.1. The standard InChI is InChI=1S/C23H26N4O2/c1-3-17-8-10-19(11-9-17)27-15-18(14-22(27)28)23(29)24-12-13-26-16(2)25-20-6-4-5-7-21(20)26/h4-11,18H,3,12-15H2,1-2H3,(H,24,29). The third kappa shape index (κ3) is 3.88. The van der Waals surface area contributed by atoms with Crippen LogP contribution in [0, 0.1) is 12.8 Å². The number of fused-ring (bicyclic) bond motifs is 1. The molecule has 1 aliphatic heterocycles. The monoisotopic (exact) mass is 390 g/mol. The van der Waals surface area contributed by atoms with Crippen molar-refractivity contribution in [3.63, 3.8) is 0 Å². The number of aromatic nitrogens is 2. The summed E-state index contributed by atoms with van der Waals surface area (Å²) < 4.78 is 2.11. The van der Waals surface area contributed by atoms with E-state index in [-0.39, 0.29) is 24.2 Å². The number of carbonyl (C=O) groups excluding carboxylic acids is 2. The van der Waals surface area contributed by atoms with Gasteiger partial charge in [0.15, 0.2) is 0 Å². The fraction of sp³-hybridized carbons (Fsp3) is 0.348. The molecule has 1 aromatic heterocycles. The van der Waals surface area contributed by atoms with Crippen molar-refractivity contribution in [3.8, 4) is 0 Å². The number of aryl methyl sites for hydroxylation is 2. The second kappa shape index (κ2) is 8.07. The Morgan fingerprint density at radius 3 is 2.69 bits per heavy atom. The van der Waals surface area contributed by atoms with E-state index >= 15 is 0 Å². The van der Waals surface area contributed by atoms with Gasteiger partial charge in [-0.25, -0.2) is 4.98 Å². The van der Waals surface area contributed by atoms with Crippen LogP contribution in [-0.4, -0.2) is 34.5 Å². The maximum atomic E-state index is 12.6. The minimum atomic E-state index is -0.311. The van der Waals surface area contributed by atoms with Crippen molar-refractivity contribution in [1.29, 1.82) is 0 Å². The van der Waals surface area contributed by atoms with E-state index in [1.165, 1.54) is 5.56 Å². The van der Waals surface area contributed by atoms with E-state index in [1.54, 1.807) is 4.90 Å². The van der Waals surface area contributed by atoms with Crippen LogP contribution in [0.15, 0.2) is 48.5 Å². The van der Waals surface area contributed by atoms with Crippen LogP contribution >= 0.6 is 0 Å². The molecule has 6 heteroatoms. The number of benzene rings is 2. The molecule has 1 unspecified atom stereocenters. The Morgan fingerprint density at radius 2 is 1.93 bits per heavy atom. The second-order valence-corrected chi connectivity index (χ2v) is 7.52. The van der Waals surface area contributed by atoms with Gasteiger partial charge >= 0.3 is 0 Å². The number of imidazole rings is 1. The number of rotatable bonds is 6. The molecule has 29 heavy (non-hydrogen) atoms. The normalized spacial score (nSPS) is 16.6. The zero-order valence-electron chi connectivity index (χ0n) is 16.9. The topological polar surface area (TPSA) is 67.2 Å². The number of carbonyl (C=O) groups is 2. The van der Waals surface area contributed by atoms with Gasteiger partial charge in [-0.05, 0) is 43.2 Å². The molecule has 6 nitrogen and oxygen atoms in total. The fourth-order valence-electron chi connectivity index (χ4n) is 3.96. The molecule has 0 saturated carbocycles. The number of nitrogens with zero attached hydrogens (tertiary/aromatic N) is 3. The Kier molecular flexibility index (Phi) is 5.34. The molecular formula is C23H26N4O2. The highest BCUT2D eigenvalue weighted by molar-refractivity contribution is 6.00. The van der Waals surface area contributed by atoms with Gasteiger partial charge < -0.3 is 14.8 Å². The third-order valence-electron chi connectivity index (χ3n) is 5.63. The number of anilines is 1. The zero-order valence-corrected chi connectivity index (χ0v) is 16.9. The SMILES string of the molecule is CCc1ccc(N2CC(C(=O)NCCn3c(C)nc4ccccc43)CC2=O)cc1. The highest BCUT2D eigenvalue weighted by Gasteiger charge is 2.34. The Hall–Kier alpha value is -3.15. The molecule has 1 fully saturated rings. The number of amides is 2. The van der Waals surface area contributed by atoms with Crippen molar-refractivity contribution in [2.24, 2.45) is 5.92 Å². The van der Waals surface area contributed by atoms with Gasteiger partial charge in [0, 0.05) is 31.7 Å². The van der Waals surface area contributed by atoms with E-state index < -0.39 is 0 Å². The predicted molar refractivity (Wildman–Crippen MR) is 114 cm³/mol. The molecule has 0 aliphatic carbocycles. The molecule has 2 aromatic carbocycles. The van der Waals surface area contributed by atoms with Gasteiger partial charge in [0.05, 0.1) is 17.0 Å². The lowest BCUT2D eigenvalue weighted by Crippen LogP contribution is -2.34. The van der Waals surface area contributed by atoms with Crippen molar-refractivity contribution in [1.82, 2.24) is 14.9 Å². The van der Waals surface area contributed by atoms with E-state index in [9.17, 15) is 9.59 Å². The van der Waals surface area contributed by atoms with Crippen LogP contribution in [-0.2, 0) is 22.6 Å². The molecule has 3 aromatic rings. The summed E-state index contributed by atoms with van der Waals surface area (Å²) in [5.74, 6) is 0.561. The zero-order chi connectivity index (χ0) is 20.4. The molecular weight excluding hydrogens is 364 g/mol. The van der Waals surface area contributed by atoms with Crippen molar-refractivity contribution in [2.45, 2.75) is 33.2 Å². The van der Waals surface area contributed by atoms with Crippen LogP contribution < -0.4 is 10.2 Å². The average Bonchev–Trinajstić information content (AvgIpc) is 3.28. The molecule has 4 rings (SSSR count). The number of hydrogen-bond acceptors (Lipinski definition) is 3. The first kappa shape index (κ1) is 19.2. The summed E-state index contributed by atoms with van der Waals surface area (Å²) in [6.45, 7) is 5.67. The van der Waals surface area contributed by atoms with E-state index in [1.807, 2.05) is 55.5 Å². The van der Waals surface area contributed by atoms with Gasteiger partial charge in [0.2, 0.25) is 11.8 Å². The first-order valence-electron chi connectivity index (χ1n) is 10.2. The first-order valence-corrected chi connectivity index (χ1v) is 10.2. The number of hydrogen-bond donors (Lipinski definition) is 1. The Morgan fingerprint density at radius 1 is 1.17 bits per heavy atom. The van der Waals surface area contributed by atoms with E-state index in [0.29, 0.717) is 19.6 Å². The second-order valence-electron chi connectivity index (χ2n) is 7.52. The summed E-state index contributed by atoms with van der Waals surface area (Å²) in [5.41, 5.74) is 4.12. The van der Waals surface area contributed by atoms with E-state index in [0.717, 1.165) is 29.0 Å². The average molecular weight is 390 g/mol. The summed E-state index contributed by atoms with van der Waals surface area (Å²) >= 11 is 0. The van der Waals surface area contributed by atoms with E-state index in [4.69, 9.17) is 0 Å². The molecule has 1 N–H and O–H groups in total. The van der Waals surface area contributed by atoms with Gasteiger partial charge in [0.25, 0.3) is 0 Å². The van der Waals surface area contributed by atoms with Crippen LogP contribution in [0.1, 0.15) is 24.7 Å². The maximum absolute atomic E-state index is 12.6. The van der Waals surface area contributed by atoms with Crippen LogP contribution in [0.5, 0.6) is 0 Å². The largest absolute Gasteiger partial charge is 0.354 e. The lowest BCUT2D eigenvalue weighted by atomic mass is 10.1. The van der Waals surface area contributed by atoms with Gasteiger partial charge in [-0.15, -0.1) is 0 Å². The van der Waals surface area contributed by atoms with Crippen molar-refractivity contribution in [2.75, 3.05) is 18.0 Å². The lowest BCUT2D eigenvalue weighted by molar-refractivity contribution is -0.126. The molecule has 150 valence electrons. The van der Waals surface area contributed by atoms with Crippen molar-refractivity contribution < 1.29 is 9.59 Å². The smallest absolute Gasteiger partial charge is 0.227 e. The lowest BCUT2D eigenvalue weighted by Gasteiger charge is -2.17. The quantitative estimate of drug-likeness (QED) is 0.703. The summed E-state index contributed by atoms with van der Waals surface area (Å²) in [7, 11) is 0. The third-order valence-corrected chi connectivity index (χ3v) is 5.63. The Labute approximate surface area is 170 Å². The van der Waals surface area contributed by atoms with E-state index in [2.05, 4.69) is 21.8 Å². The highest BCUT2D eigenvalue weighted by Crippen LogP contribution is 2.25. The molecule has 1 aliphatic rings. The minimum Gasteiger partial charge on any atom is -0.354 e. The summed E-state index contributed by atoms with van der Waals surface area (Å²) in [6, 6.07) is 16.0. The summed E-state index contributed by atoms with van der Waals surface area (Å²) in [4.78, 5) is 31.3. The molecule has 2 heterocycles. The van der Waals surface area contributed by atoms with Gasteiger partial charge in [-0.2, -0.15) is 0 Å². The Bertz CT molecular complexity index is 1040. The van der Waals surface area contributed by atoms with Crippen LogP contribution in [0.4, 0.5) is 5.69 Å². The fourth-order valence-corrected chi connectivity index (χ4v) is 3.96. The number of nitrogens with one attached hydrogen (secondary N) is 1. The minimum absolute atomic E-state index is 0.00541. The summed E-state index contributed by atoms with van der Waals surface area (Å²) in [6.07, 6.45) is 1.22. The van der Waals surface area contributed by atoms with Gasteiger partial charge in [0.1, 0.15) is 5.82 Å². The van der Waals surface area contributed by atoms with Crippen LogP contribution in [0.25, 0.3) is 11.0 Å². The van der Waals surface area contributed by atoms with Gasteiger partial charge in [-0.1, -0.05) is 31.2 Å². The highest BCUT2D eigenvalue weighted by atomic mass is 16.2. The Balaban J connectivity index is 1.35. The van der Waals surface area contributed by atoms with Crippen molar-refractivity contribution >= 4 is 28.5 Å². The summed E-state index contributed by atoms with van der Waals surface area (Å²) in [5, 5.41) is 3.00. The number of para-hydroxylation sites is 2. The predicted octanol–water partition coefficient (Wildman–Crippen LogP) is 3.08. The van der Waals surface area contributed by atoms with Crippen molar-refractivity contribution in [3.05, 3.63) is 59.9 Å². The molecule has 2 amide bonds. The van der Waals surface area contributed by atoms with Gasteiger partial charge in [-0.3, -0.25) is 9.59 Å². The maximum Gasteiger partial charge on any atom is 0.227 e. The molecule has 1 saturated heterocycles. The van der Waals surface area contributed by atoms with Crippen LogP contribution in [0.3, 0.4) is 0 Å². The van der Waals surface area contributed by atoms with Crippen LogP contribution in [0.2, 0.25) is 0 Å². The molecule has 0 bridgehead atoms. The molecule has 0 radical (unpaired) electrons. The molecule has 0 spiro atoms. The molecule has 1 atom stereocenters.